The molecule has 2 atom stereocenters. The van der Waals surface area contributed by atoms with Gasteiger partial charge < -0.3 is 41.3 Å². The standard InChI is InChI=1S/C37H39ClN8O4S2.2C2HF3O2/c1-23(37(48)49)46(36(47)31(42)5-4-14-39)17-18-50-28-12-8-24(9-13-28)32-29(19-40)33(45-15-2-3-16-45)44-35(30(32)20-41)52-22-27-21-51-34(43-27)25-6-10-26(38)11-7-25;2*3-2(4,5)1(6)7/h6-13,21,23,31H,2-5,14-18,22,39,42H2,1H3,(H,48,49);2*(H,6,7)/t23-,31-;;/m0../s1. The van der Waals surface area contributed by atoms with Crippen molar-refractivity contribution in [2.75, 3.05) is 37.7 Å². The average Bonchev–Trinajstić information content (AvgIpc) is 3.99. The van der Waals surface area contributed by atoms with Gasteiger partial charge in [0, 0.05) is 40.4 Å². The lowest BCUT2D eigenvalue weighted by molar-refractivity contribution is -0.193. The predicted molar refractivity (Wildman–Crippen MR) is 231 cm³/mol. The van der Waals surface area contributed by atoms with E-state index in [2.05, 4.69) is 17.0 Å². The third kappa shape index (κ3) is 15.8. The monoisotopic (exact) mass is 986 g/mol. The minimum atomic E-state index is -5.08. The quantitative estimate of drug-likeness (QED) is 0.0550. The molecule has 2 aromatic heterocycles. The van der Waals surface area contributed by atoms with E-state index in [1.165, 1.54) is 34.9 Å². The fourth-order valence-electron chi connectivity index (χ4n) is 5.83. The van der Waals surface area contributed by atoms with Crippen LogP contribution in [0.5, 0.6) is 5.75 Å². The van der Waals surface area contributed by atoms with Crippen LogP contribution in [-0.4, -0.2) is 111 Å². The van der Waals surface area contributed by atoms with Gasteiger partial charge in [0.25, 0.3) is 0 Å². The molecule has 354 valence electrons. The molecule has 0 saturated carbocycles. The van der Waals surface area contributed by atoms with E-state index in [9.17, 15) is 51.6 Å². The lowest BCUT2D eigenvalue weighted by Gasteiger charge is -2.29. The zero-order chi connectivity index (χ0) is 49.4. The Morgan fingerprint density at radius 1 is 0.924 bits per heavy atom. The summed E-state index contributed by atoms with van der Waals surface area (Å²) >= 11 is 8.99. The highest BCUT2D eigenvalue weighted by Crippen LogP contribution is 2.40. The maximum Gasteiger partial charge on any atom is 0.490 e. The van der Waals surface area contributed by atoms with Crippen molar-refractivity contribution >= 4 is 64.3 Å². The topological polar surface area (TPSA) is 270 Å². The summed E-state index contributed by atoms with van der Waals surface area (Å²) in [5.41, 5.74) is 15.2. The molecular weight excluding hydrogens is 946 g/mol. The zero-order valence-corrected chi connectivity index (χ0v) is 37.0. The number of carboxylic acids is 3. The number of thiazole rings is 1. The van der Waals surface area contributed by atoms with Crippen molar-refractivity contribution in [3.05, 3.63) is 75.8 Å². The van der Waals surface area contributed by atoms with Crippen LogP contribution in [0.4, 0.5) is 32.2 Å². The number of carboxylic acid groups (broad SMARTS) is 3. The van der Waals surface area contributed by atoms with Gasteiger partial charge in [-0.3, -0.25) is 4.79 Å². The smallest absolute Gasteiger partial charge is 0.490 e. The molecule has 7 N–H and O–H groups in total. The van der Waals surface area contributed by atoms with Gasteiger partial charge in [0.05, 0.1) is 23.8 Å². The third-order valence-electron chi connectivity index (χ3n) is 9.15. The number of benzene rings is 2. The fourth-order valence-corrected chi connectivity index (χ4v) is 7.77. The van der Waals surface area contributed by atoms with Crippen molar-refractivity contribution in [2.45, 2.75) is 67.8 Å². The summed E-state index contributed by atoms with van der Waals surface area (Å²) in [6.07, 6.45) is -7.31. The first kappa shape index (κ1) is 54.2. The van der Waals surface area contributed by atoms with E-state index >= 15 is 0 Å². The number of aromatic nitrogens is 2. The number of anilines is 1. The van der Waals surface area contributed by atoms with Crippen LogP contribution in [-0.2, 0) is 24.9 Å². The summed E-state index contributed by atoms with van der Waals surface area (Å²) in [6, 6.07) is 17.2. The van der Waals surface area contributed by atoms with Gasteiger partial charge in [-0.25, -0.2) is 24.4 Å². The van der Waals surface area contributed by atoms with E-state index in [0.29, 0.717) is 69.0 Å². The van der Waals surface area contributed by atoms with Gasteiger partial charge in [0.2, 0.25) is 5.91 Å². The molecule has 4 aromatic rings. The van der Waals surface area contributed by atoms with Gasteiger partial charge >= 0.3 is 30.3 Å². The minimum absolute atomic E-state index is 0.00580. The minimum Gasteiger partial charge on any atom is -0.492 e. The van der Waals surface area contributed by atoms with Crippen molar-refractivity contribution in [1.82, 2.24) is 14.9 Å². The summed E-state index contributed by atoms with van der Waals surface area (Å²) in [5, 5.41) is 48.8. The molecule has 0 radical (unpaired) electrons. The summed E-state index contributed by atoms with van der Waals surface area (Å²) < 4.78 is 69.4. The lowest BCUT2D eigenvalue weighted by Crippen LogP contribution is -2.51. The number of rotatable bonds is 16. The van der Waals surface area contributed by atoms with Crippen LogP contribution in [0, 0.1) is 22.7 Å². The number of aliphatic carboxylic acids is 3. The Balaban J connectivity index is 0.000000715. The van der Waals surface area contributed by atoms with Gasteiger partial charge in [0.15, 0.2) is 0 Å². The van der Waals surface area contributed by atoms with E-state index < -0.39 is 48.3 Å². The maximum absolute atomic E-state index is 13.0. The van der Waals surface area contributed by atoms with Gasteiger partial charge in [-0.1, -0.05) is 47.6 Å². The molecule has 1 aliphatic rings. The first-order chi connectivity index (χ1) is 31.0. The van der Waals surface area contributed by atoms with E-state index in [0.717, 1.165) is 42.2 Å². The number of amides is 1. The fraction of sp³-hybridized carbons (Fsp3) is 0.366. The maximum atomic E-state index is 13.0. The largest absolute Gasteiger partial charge is 0.492 e. The highest BCUT2D eigenvalue weighted by Gasteiger charge is 2.39. The van der Waals surface area contributed by atoms with Crippen molar-refractivity contribution in [1.29, 1.82) is 10.5 Å². The van der Waals surface area contributed by atoms with Gasteiger partial charge in [-0.2, -0.15) is 36.9 Å². The number of ether oxygens (including phenoxy) is 1. The van der Waals surface area contributed by atoms with E-state index in [1.807, 2.05) is 29.6 Å². The number of nitrogens with two attached hydrogens (primary N) is 2. The molecule has 1 saturated heterocycles. The van der Waals surface area contributed by atoms with Crippen LogP contribution >= 0.6 is 34.7 Å². The summed E-state index contributed by atoms with van der Waals surface area (Å²) in [7, 11) is 0. The van der Waals surface area contributed by atoms with Crippen molar-refractivity contribution < 1.29 is 65.6 Å². The predicted octanol–water partition coefficient (Wildman–Crippen LogP) is 7.17. The number of hydrogen-bond donors (Lipinski definition) is 5. The van der Waals surface area contributed by atoms with Crippen LogP contribution < -0.4 is 21.1 Å². The molecule has 16 nitrogen and oxygen atoms in total. The summed E-state index contributed by atoms with van der Waals surface area (Å²) in [6.45, 7) is 3.35. The molecule has 1 amide bonds. The van der Waals surface area contributed by atoms with Gasteiger partial charge in [-0.15, -0.1) is 11.3 Å². The highest BCUT2D eigenvalue weighted by atomic mass is 35.5. The van der Waals surface area contributed by atoms with Crippen LogP contribution in [0.3, 0.4) is 0 Å². The lowest BCUT2D eigenvalue weighted by atomic mass is 9.96. The Morgan fingerprint density at radius 3 is 1.97 bits per heavy atom. The third-order valence-corrected chi connectivity index (χ3v) is 11.3. The first-order valence-corrected chi connectivity index (χ1v) is 21.6. The number of nitriles is 2. The second-order valence-electron chi connectivity index (χ2n) is 13.8. The Kier molecular flexibility index (Phi) is 20.5. The van der Waals surface area contributed by atoms with E-state index in [1.54, 1.807) is 24.3 Å². The van der Waals surface area contributed by atoms with Crippen molar-refractivity contribution in [2.24, 2.45) is 11.5 Å². The van der Waals surface area contributed by atoms with Crippen LogP contribution in [0.1, 0.15) is 49.4 Å². The Labute approximate surface area is 386 Å². The molecule has 1 fully saturated rings. The highest BCUT2D eigenvalue weighted by molar-refractivity contribution is 7.98. The number of nitrogens with zero attached hydrogens (tertiary/aromatic N) is 6. The molecule has 0 bridgehead atoms. The molecule has 1 aliphatic heterocycles. The second kappa shape index (κ2) is 24.9. The van der Waals surface area contributed by atoms with Crippen molar-refractivity contribution in [3.8, 4) is 39.6 Å². The number of alkyl halides is 6. The molecule has 66 heavy (non-hydrogen) atoms. The Hall–Kier alpha value is -6.18. The van der Waals surface area contributed by atoms with Crippen LogP contribution in [0.2, 0.25) is 5.02 Å². The second-order valence-corrected chi connectivity index (χ2v) is 16.0. The van der Waals surface area contributed by atoms with Crippen LogP contribution in [0.25, 0.3) is 21.7 Å². The molecule has 0 spiro atoms. The zero-order valence-electron chi connectivity index (χ0n) is 34.6. The summed E-state index contributed by atoms with van der Waals surface area (Å²) in [5.74, 6) is -5.65. The first-order valence-electron chi connectivity index (χ1n) is 19.3. The normalized spacial score (nSPS) is 13.1. The van der Waals surface area contributed by atoms with Gasteiger partial charge in [-0.05, 0) is 69.0 Å². The number of thioether (sulfide) groups is 1. The van der Waals surface area contributed by atoms with Crippen LogP contribution in [0.15, 0.2) is 58.9 Å². The van der Waals surface area contributed by atoms with E-state index in [-0.39, 0.29) is 13.2 Å². The number of carbonyl (C=O) groups excluding carboxylic acids is 1. The SMILES string of the molecule is C[C@@H](C(=O)O)N(CCOc1ccc(-c2c(C#N)c(SCc3csc(-c4ccc(Cl)cc4)n3)nc(N3CCCC3)c2C#N)cc1)C(=O)[C@@H](N)CCCN.O=C(O)C(F)(F)F.O=C(O)C(F)(F)F. The molecule has 0 unspecified atom stereocenters. The van der Waals surface area contributed by atoms with Crippen molar-refractivity contribution in [3.63, 3.8) is 0 Å². The number of hydrogen-bond acceptors (Lipinski definition) is 14. The average molecular weight is 987 g/mol. The number of halogens is 7. The van der Waals surface area contributed by atoms with Gasteiger partial charge in [0.1, 0.15) is 52.0 Å². The van der Waals surface area contributed by atoms with E-state index in [4.69, 9.17) is 57.6 Å². The summed E-state index contributed by atoms with van der Waals surface area (Å²) in [4.78, 5) is 55.5. The molecule has 25 heteroatoms. The molecule has 2 aromatic carbocycles. The molecule has 3 heterocycles. The Morgan fingerprint density at radius 2 is 1.47 bits per heavy atom. The Bertz CT molecular complexity index is 2370. The molecule has 5 rings (SSSR count). The number of carbonyl (C=O) groups is 4. The number of pyridine rings is 1. The molecule has 0 aliphatic carbocycles. The molecular formula is C41H41ClF6N8O8S2.